The quantitative estimate of drug-likeness (QED) is 0.0263. The third kappa shape index (κ3) is 51.4. The van der Waals surface area contributed by atoms with Crippen LogP contribution in [0, 0.1) is 0 Å². The van der Waals surface area contributed by atoms with Gasteiger partial charge in [0, 0.05) is 12.8 Å². The first-order valence-electron chi connectivity index (χ1n) is 25.3. The lowest BCUT2D eigenvalue weighted by Crippen LogP contribution is -2.30. The second-order valence-electron chi connectivity index (χ2n) is 15.6. The van der Waals surface area contributed by atoms with Gasteiger partial charge in [-0.3, -0.25) is 14.4 Å². The minimum atomic E-state index is -0.889. The lowest BCUT2D eigenvalue weighted by Gasteiger charge is -2.18. The SMILES string of the molecule is CC/C=C\C/C=C\C/C=C\C/C=C\C/C=C\C/C=C\CCCCC(=O)OCC(COC(=O)CC/C=C\C/C=C\C/C=C\C/C=C\CC)OC(=O)C/C=C\C/C=C\C/C=C\C/C=C\C/C=C\CC. The summed E-state index contributed by atoms with van der Waals surface area (Å²) in [4.78, 5) is 37.9. The van der Waals surface area contributed by atoms with Crippen molar-refractivity contribution in [3.8, 4) is 0 Å². The van der Waals surface area contributed by atoms with Crippen molar-refractivity contribution in [3.63, 3.8) is 0 Å². The van der Waals surface area contributed by atoms with Crippen LogP contribution in [0.2, 0.25) is 0 Å². The van der Waals surface area contributed by atoms with E-state index in [0.717, 1.165) is 103 Å². The zero-order chi connectivity index (χ0) is 48.6. The molecule has 0 amide bonds. The highest BCUT2D eigenvalue weighted by Gasteiger charge is 2.19. The normalized spacial score (nSPS) is 13.7. The zero-order valence-corrected chi connectivity index (χ0v) is 41.8. The maximum absolute atomic E-state index is 12.7. The van der Waals surface area contributed by atoms with Crippen molar-refractivity contribution in [1.29, 1.82) is 0 Å². The van der Waals surface area contributed by atoms with Crippen molar-refractivity contribution < 1.29 is 28.6 Å². The Morgan fingerprint density at radius 3 is 0.940 bits per heavy atom. The van der Waals surface area contributed by atoms with Crippen LogP contribution >= 0.6 is 0 Å². The molecular weight excluding hydrogens is 829 g/mol. The number of allylic oxidation sites excluding steroid dienone is 29. The Labute approximate surface area is 408 Å². The molecule has 0 N–H and O–H groups in total. The molecule has 0 aliphatic rings. The molecule has 67 heavy (non-hydrogen) atoms. The summed E-state index contributed by atoms with van der Waals surface area (Å²) in [6.07, 6.45) is 80.6. The minimum absolute atomic E-state index is 0.0618. The lowest BCUT2D eigenvalue weighted by molar-refractivity contribution is -0.166. The van der Waals surface area contributed by atoms with Crippen LogP contribution < -0.4 is 0 Å². The summed E-state index contributed by atoms with van der Waals surface area (Å²) in [7, 11) is 0. The van der Waals surface area contributed by atoms with Gasteiger partial charge in [0.05, 0.1) is 6.42 Å². The van der Waals surface area contributed by atoms with Crippen molar-refractivity contribution in [1.82, 2.24) is 0 Å². The predicted molar refractivity (Wildman–Crippen MR) is 287 cm³/mol. The van der Waals surface area contributed by atoms with Crippen LogP contribution in [0.5, 0.6) is 0 Å². The number of carbonyl (C=O) groups is 3. The third-order valence-corrected chi connectivity index (χ3v) is 9.43. The second kappa shape index (κ2) is 53.1. The molecule has 0 spiro atoms. The molecule has 0 bridgehead atoms. The summed E-state index contributed by atoms with van der Waals surface area (Å²) >= 11 is 0. The fourth-order valence-electron chi connectivity index (χ4n) is 5.77. The molecule has 6 heteroatoms. The van der Waals surface area contributed by atoms with Crippen LogP contribution in [0.15, 0.2) is 182 Å². The van der Waals surface area contributed by atoms with Crippen LogP contribution in [0.4, 0.5) is 0 Å². The standard InChI is InChI=1S/C61H88O6/c1-4-7-10-13-16-19-22-25-27-28-29-30-31-32-34-36-39-42-45-48-51-54-60(63)66-57-58(56-65-59(62)53-50-47-44-41-38-35-24-21-18-15-12-9-6-3)67-61(64)55-52-49-46-43-40-37-33-26-23-20-17-14-11-8-5-2/h7-12,16-21,25-27,29-30,32-35,38-40,42-44,47,49,52,58H,4-6,13-15,22-24,28,31,36-37,41,45-46,48,50-51,53-57H2,1-3H3/b10-7-,11-8-,12-9-,19-16-,20-17-,21-18-,27-25-,30-29-,33-26-,34-32-,38-35-,42-39-,43-40-,47-44-,52-49-. The molecule has 1 atom stereocenters. The number of esters is 3. The van der Waals surface area contributed by atoms with E-state index in [1.807, 2.05) is 18.2 Å². The monoisotopic (exact) mass is 917 g/mol. The van der Waals surface area contributed by atoms with Gasteiger partial charge in [0.2, 0.25) is 0 Å². The van der Waals surface area contributed by atoms with E-state index >= 15 is 0 Å². The summed E-state index contributed by atoms with van der Waals surface area (Å²) in [5.41, 5.74) is 0. The Morgan fingerprint density at radius 2 is 0.597 bits per heavy atom. The van der Waals surface area contributed by atoms with Crippen LogP contribution in [0.25, 0.3) is 0 Å². The molecule has 0 aromatic rings. The van der Waals surface area contributed by atoms with E-state index in [9.17, 15) is 14.4 Å². The highest BCUT2D eigenvalue weighted by atomic mass is 16.6. The number of carbonyl (C=O) groups excluding carboxylic acids is 3. The van der Waals surface area contributed by atoms with E-state index < -0.39 is 18.0 Å². The third-order valence-electron chi connectivity index (χ3n) is 9.43. The van der Waals surface area contributed by atoms with Gasteiger partial charge in [-0.25, -0.2) is 0 Å². The van der Waals surface area contributed by atoms with E-state index in [0.29, 0.717) is 19.3 Å². The van der Waals surface area contributed by atoms with Crippen LogP contribution in [-0.4, -0.2) is 37.2 Å². The molecule has 0 aliphatic heterocycles. The largest absolute Gasteiger partial charge is 0.462 e. The van der Waals surface area contributed by atoms with E-state index in [1.54, 1.807) is 6.08 Å². The van der Waals surface area contributed by atoms with E-state index in [2.05, 4.69) is 179 Å². The fraction of sp³-hybridized carbons (Fsp3) is 0.459. The molecule has 0 aromatic carbocycles. The summed E-state index contributed by atoms with van der Waals surface area (Å²) in [6.45, 7) is 6.06. The number of hydrogen-bond acceptors (Lipinski definition) is 6. The smallest absolute Gasteiger partial charge is 0.310 e. The maximum atomic E-state index is 12.7. The molecule has 0 fully saturated rings. The van der Waals surface area contributed by atoms with Crippen molar-refractivity contribution in [2.75, 3.05) is 13.2 Å². The highest BCUT2D eigenvalue weighted by molar-refractivity contribution is 5.72. The van der Waals surface area contributed by atoms with Gasteiger partial charge in [-0.15, -0.1) is 0 Å². The molecule has 1 unspecified atom stereocenters. The Hall–Kier alpha value is -5.49. The topological polar surface area (TPSA) is 78.9 Å². The first-order chi connectivity index (χ1) is 33.0. The molecule has 368 valence electrons. The van der Waals surface area contributed by atoms with Gasteiger partial charge < -0.3 is 14.2 Å². The van der Waals surface area contributed by atoms with E-state index in [4.69, 9.17) is 14.2 Å². The molecule has 0 heterocycles. The Bertz CT molecular complexity index is 1670. The molecule has 0 saturated carbocycles. The van der Waals surface area contributed by atoms with Crippen molar-refractivity contribution in [3.05, 3.63) is 182 Å². The predicted octanol–water partition coefficient (Wildman–Crippen LogP) is 17.0. The minimum Gasteiger partial charge on any atom is -0.462 e. The number of rotatable bonds is 42. The van der Waals surface area contributed by atoms with Gasteiger partial charge in [-0.1, -0.05) is 203 Å². The van der Waals surface area contributed by atoms with Crippen LogP contribution in [0.3, 0.4) is 0 Å². The lowest BCUT2D eigenvalue weighted by atomic mass is 10.2. The Morgan fingerprint density at radius 1 is 0.313 bits per heavy atom. The first-order valence-corrected chi connectivity index (χ1v) is 25.3. The van der Waals surface area contributed by atoms with E-state index in [-0.39, 0.29) is 38.4 Å². The average molecular weight is 917 g/mol. The number of ether oxygens (including phenoxy) is 3. The summed E-state index contributed by atoms with van der Waals surface area (Å²) < 4.78 is 16.5. The number of unbranched alkanes of at least 4 members (excludes halogenated alkanes) is 2. The summed E-state index contributed by atoms with van der Waals surface area (Å²) in [5.74, 6) is -1.25. The summed E-state index contributed by atoms with van der Waals surface area (Å²) in [5, 5.41) is 0. The molecule has 0 rings (SSSR count). The van der Waals surface area contributed by atoms with Gasteiger partial charge in [-0.2, -0.15) is 0 Å². The molecular formula is C61H88O6. The van der Waals surface area contributed by atoms with Gasteiger partial charge in [0.15, 0.2) is 6.10 Å². The average Bonchev–Trinajstić information content (AvgIpc) is 3.33. The molecule has 0 aliphatic carbocycles. The molecule has 6 nitrogen and oxygen atoms in total. The van der Waals surface area contributed by atoms with Crippen LogP contribution in [0.1, 0.15) is 162 Å². The molecule has 0 radical (unpaired) electrons. The highest BCUT2D eigenvalue weighted by Crippen LogP contribution is 2.08. The summed E-state index contributed by atoms with van der Waals surface area (Å²) in [6, 6.07) is 0. The Kier molecular flexibility index (Phi) is 48.8. The molecule has 0 saturated heterocycles. The van der Waals surface area contributed by atoms with Crippen molar-refractivity contribution >= 4 is 17.9 Å². The van der Waals surface area contributed by atoms with Crippen molar-refractivity contribution in [2.45, 2.75) is 168 Å². The van der Waals surface area contributed by atoms with Gasteiger partial charge in [0.25, 0.3) is 0 Å². The van der Waals surface area contributed by atoms with Gasteiger partial charge in [-0.05, 0) is 122 Å². The van der Waals surface area contributed by atoms with Gasteiger partial charge >= 0.3 is 17.9 Å². The molecule has 0 aromatic heterocycles. The second-order valence-corrected chi connectivity index (χ2v) is 15.6. The fourth-order valence-corrected chi connectivity index (χ4v) is 5.77. The van der Waals surface area contributed by atoms with Crippen molar-refractivity contribution in [2.24, 2.45) is 0 Å². The van der Waals surface area contributed by atoms with E-state index in [1.165, 1.54) is 0 Å². The Balaban J connectivity index is 4.69. The van der Waals surface area contributed by atoms with Gasteiger partial charge in [0.1, 0.15) is 13.2 Å². The maximum Gasteiger partial charge on any atom is 0.310 e. The number of hydrogen-bond donors (Lipinski definition) is 0. The first kappa shape index (κ1) is 61.5. The van der Waals surface area contributed by atoms with Crippen LogP contribution in [-0.2, 0) is 28.6 Å². The zero-order valence-electron chi connectivity index (χ0n) is 41.8.